The van der Waals surface area contributed by atoms with Gasteiger partial charge < -0.3 is 10.2 Å². The smallest absolute Gasteiger partial charge is 0.185 e. The summed E-state index contributed by atoms with van der Waals surface area (Å²) in [6.45, 7) is 1.98. The van der Waals surface area contributed by atoms with Gasteiger partial charge in [-0.1, -0.05) is 12.1 Å². The highest BCUT2D eigenvalue weighted by Crippen LogP contribution is 2.20. The van der Waals surface area contributed by atoms with Gasteiger partial charge in [-0.25, -0.2) is 4.39 Å². The minimum atomic E-state index is -0.301. The molecule has 1 atom stereocenters. The summed E-state index contributed by atoms with van der Waals surface area (Å²) in [4.78, 5) is 2.12. The highest BCUT2D eigenvalue weighted by atomic mass is 19.1. The highest BCUT2D eigenvalue weighted by molar-refractivity contribution is 5.59. The van der Waals surface area contributed by atoms with E-state index >= 15 is 0 Å². The molecule has 1 saturated heterocycles. The minimum absolute atomic E-state index is 0.301. The lowest BCUT2D eigenvalue weighted by atomic mass is 10.2. The number of hydrogen-bond donors (Lipinski definition) is 1. The lowest BCUT2D eigenvalue weighted by Crippen LogP contribution is -2.35. The minimum Gasteiger partial charge on any atom is -0.357 e. The Hall–Kier alpha value is -2.54. The van der Waals surface area contributed by atoms with Gasteiger partial charge in [0.1, 0.15) is 11.6 Å². The average molecular weight is 326 g/mol. The first-order valence-corrected chi connectivity index (χ1v) is 8.13. The van der Waals surface area contributed by atoms with Gasteiger partial charge in [0.05, 0.1) is 0 Å². The van der Waals surface area contributed by atoms with Crippen LogP contribution in [0.1, 0.15) is 12.8 Å². The monoisotopic (exact) mass is 326 g/mol. The third kappa shape index (κ3) is 2.82. The van der Waals surface area contributed by atoms with Gasteiger partial charge in [-0.3, -0.25) is 0 Å². The topological polar surface area (TPSA) is 58.3 Å². The quantitative estimate of drug-likeness (QED) is 0.796. The van der Waals surface area contributed by atoms with Crippen LogP contribution in [-0.4, -0.2) is 46.0 Å². The fourth-order valence-corrected chi connectivity index (χ4v) is 3.13. The molecular weight excluding hydrogens is 307 g/mol. The molecule has 1 N–H and O–H groups in total. The van der Waals surface area contributed by atoms with Gasteiger partial charge in [0.25, 0.3) is 0 Å². The zero-order valence-corrected chi connectivity index (χ0v) is 13.5. The largest absolute Gasteiger partial charge is 0.357 e. The van der Waals surface area contributed by atoms with Gasteiger partial charge in [0.15, 0.2) is 11.5 Å². The lowest BCUT2D eigenvalue weighted by molar-refractivity contribution is 0.595. The highest BCUT2D eigenvalue weighted by Gasteiger charge is 2.18. The van der Waals surface area contributed by atoms with E-state index in [1.54, 1.807) is 16.6 Å². The molecule has 0 radical (unpaired) electrons. The summed E-state index contributed by atoms with van der Waals surface area (Å²) >= 11 is 0. The molecule has 24 heavy (non-hydrogen) atoms. The van der Waals surface area contributed by atoms with E-state index in [-0.39, 0.29) is 5.82 Å². The Morgan fingerprint density at radius 2 is 2.21 bits per heavy atom. The Labute approximate surface area is 139 Å². The maximum Gasteiger partial charge on any atom is 0.185 e. The normalized spacial score (nSPS) is 17.5. The van der Waals surface area contributed by atoms with Crippen molar-refractivity contribution in [2.75, 3.05) is 25.0 Å². The summed E-state index contributed by atoms with van der Waals surface area (Å²) in [6.07, 6.45) is 2.41. The van der Waals surface area contributed by atoms with Crippen molar-refractivity contribution in [2.24, 2.45) is 0 Å². The Kier molecular flexibility index (Phi) is 3.86. The summed E-state index contributed by atoms with van der Waals surface area (Å²) < 4.78 is 15.2. The van der Waals surface area contributed by atoms with E-state index in [2.05, 4.69) is 25.5 Å². The van der Waals surface area contributed by atoms with Crippen LogP contribution in [-0.2, 0) is 0 Å². The van der Waals surface area contributed by atoms with E-state index in [0.29, 0.717) is 23.1 Å². The molecule has 6 nitrogen and oxygen atoms in total. The Balaban J connectivity index is 1.67. The number of rotatable bonds is 4. The summed E-state index contributed by atoms with van der Waals surface area (Å²) in [6, 6.07) is 10.6. The second-order valence-electron chi connectivity index (χ2n) is 6.17. The van der Waals surface area contributed by atoms with Crippen LogP contribution in [0, 0.1) is 5.82 Å². The van der Waals surface area contributed by atoms with Crippen LogP contribution in [0.4, 0.5) is 10.2 Å². The molecule has 1 aliphatic rings. The number of halogens is 1. The second-order valence-corrected chi connectivity index (χ2v) is 6.17. The number of nitrogens with zero attached hydrogens (tertiary/aromatic N) is 5. The Morgan fingerprint density at radius 1 is 1.29 bits per heavy atom. The van der Waals surface area contributed by atoms with Crippen LogP contribution < -0.4 is 10.2 Å². The fourth-order valence-electron chi connectivity index (χ4n) is 3.13. The lowest BCUT2D eigenvalue weighted by Gasteiger charge is -2.22. The Bertz CT molecular complexity index is 855. The van der Waals surface area contributed by atoms with Gasteiger partial charge >= 0.3 is 0 Å². The van der Waals surface area contributed by atoms with E-state index < -0.39 is 0 Å². The molecule has 0 saturated carbocycles. The van der Waals surface area contributed by atoms with Crippen molar-refractivity contribution in [1.82, 2.24) is 25.1 Å². The fraction of sp³-hybridized carbons (Fsp3) is 0.353. The number of hydrogen-bond acceptors (Lipinski definition) is 5. The van der Waals surface area contributed by atoms with Crippen LogP contribution in [0.15, 0.2) is 36.4 Å². The van der Waals surface area contributed by atoms with E-state index in [1.165, 1.54) is 25.0 Å². The molecule has 4 rings (SSSR count). The summed E-state index contributed by atoms with van der Waals surface area (Å²) in [5.74, 6) is 1.08. The average Bonchev–Trinajstić information content (AvgIpc) is 3.23. The first-order chi connectivity index (χ1) is 11.7. The van der Waals surface area contributed by atoms with Crippen LogP contribution in [0.2, 0.25) is 0 Å². The zero-order valence-electron chi connectivity index (χ0n) is 13.5. The molecule has 124 valence electrons. The molecule has 0 aliphatic carbocycles. The van der Waals surface area contributed by atoms with Gasteiger partial charge in [0.2, 0.25) is 0 Å². The van der Waals surface area contributed by atoms with E-state index in [0.717, 1.165) is 18.9 Å². The van der Waals surface area contributed by atoms with E-state index in [4.69, 9.17) is 0 Å². The van der Waals surface area contributed by atoms with Crippen molar-refractivity contribution in [1.29, 1.82) is 0 Å². The maximum absolute atomic E-state index is 13.5. The predicted octanol–water partition coefficient (Wildman–Crippen LogP) is 2.12. The summed E-state index contributed by atoms with van der Waals surface area (Å²) in [5.41, 5.74) is 1.30. The van der Waals surface area contributed by atoms with Crippen molar-refractivity contribution < 1.29 is 4.39 Å². The van der Waals surface area contributed by atoms with Crippen molar-refractivity contribution >= 4 is 11.5 Å². The number of aromatic nitrogens is 4. The van der Waals surface area contributed by atoms with E-state index in [1.807, 2.05) is 19.2 Å². The number of nitrogens with one attached hydrogen (secondary N) is 1. The van der Waals surface area contributed by atoms with Crippen molar-refractivity contribution in [3.8, 4) is 11.4 Å². The molecule has 0 bridgehead atoms. The number of anilines is 1. The molecule has 0 amide bonds. The third-order valence-electron chi connectivity index (χ3n) is 4.38. The van der Waals surface area contributed by atoms with Crippen LogP contribution in [0.25, 0.3) is 17.0 Å². The first kappa shape index (κ1) is 15.0. The Morgan fingerprint density at radius 3 is 3.00 bits per heavy atom. The second kappa shape index (κ2) is 6.16. The molecule has 1 aromatic carbocycles. The van der Waals surface area contributed by atoms with Crippen molar-refractivity contribution in [3.63, 3.8) is 0 Å². The van der Waals surface area contributed by atoms with Crippen LogP contribution >= 0.6 is 0 Å². The standard InChI is InChI=1S/C17H19FN6/c1-23(11-14-6-3-9-19-14)16-8-7-15-20-21-17(24(15)22-16)12-4-2-5-13(18)10-12/h2,4-5,7-8,10,14,19H,3,6,9,11H2,1H3/t14-/m0/s1. The zero-order chi connectivity index (χ0) is 16.5. The number of likely N-dealkylation sites (N-methyl/N-ethyl adjacent to an activating group) is 1. The number of fused-ring (bicyclic) bond motifs is 1. The molecule has 0 spiro atoms. The van der Waals surface area contributed by atoms with Gasteiger partial charge in [0, 0.05) is 25.2 Å². The molecule has 1 fully saturated rings. The molecule has 3 heterocycles. The predicted molar refractivity (Wildman–Crippen MR) is 90.5 cm³/mol. The van der Waals surface area contributed by atoms with E-state index in [9.17, 15) is 4.39 Å². The first-order valence-electron chi connectivity index (χ1n) is 8.13. The number of benzene rings is 1. The van der Waals surface area contributed by atoms with Gasteiger partial charge in [-0.2, -0.15) is 4.52 Å². The molecule has 2 aromatic heterocycles. The third-order valence-corrected chi connectivity index (χ3v) is 4.38. The maximum atomic E-state index is 13.5. The van der Waals surface area contributed by atoms with Gasteiger partial charge in [-0.05, 0) is 43.7 Å². The van der Waals surface area contributed by atoms with Crippen LogP contribution in [0.5, 0.6) is 0 Å². The summed E-state index contributed by atoms with van der Waals surface area (Å²) in [5, 5.41) is 16.4. The molecule has 3 aromatic rings. The molecule has 7 heteroatoms. The SMILES string of the molecule is CN(C[C@@H]1CCCN1)c1ccc2nnc(-c3cccc(F)c3)n2n1. The van der Waals surface area contributed by atoms with Gasteiger partial charge in [-0.15, -0.1) is 15.3 Å². The van der Waals surface area contributed by atoms with Crippen molar-refractivity contribution in [2.45, 2.75) is 18.9 Å². The molecule has 1 aliphatic heterocycles. The van der Waals surface area contributed by atoms with Crippen molar-refractivity contribution in [3.05, 3.63) is 42.2 Å². The van der Waals surface area contributed by atoms with Crippen LogP contribution in [0.3, 0.4) is 0 Å². The molecule has 0 unspecified atom stereocenters. The molecular formula is C17H19FN6. The summed E-state index contributed by atoms with van der Waals surface area (Å²) in [7, 11) is 2.03.